The molecular formula is C24H22FN7. The first-order valence-electron chi connectivity index (χ1n) is 10.0. The molecule has 0 atom stereocenters. The van der Waals surface area contributed by atoms with Crippen molar-refractivity contribution in [2.75, 3.05) is 16.1 Å². The number of anilines is 5. The van der Waals surface area contributed by atoms with Crippen molar-refractivity contribution in [3.63, 3.8) is 0 Å². The molecule has 0 aliphatic rings. The second-order valence-corrected chi connectivity index (χ2v) is 7.17. The minimum atomic E-state index is -0.330. The summed E-state index contributed by atoms with van der Waals surface area (Å²) in [5, 5.41) is 10.5. The molecule has 0 aliphatic heterocycles. The summed E-state index contributed by atoms with van der Waals surface area (Å²) in [7, 11) is 0. The quantitative estimate of drug-likeness (QED) is 0.264. The Kier molecular flexibility index (Phi) is 6.31. The zero-order valence-electron chi connectivity index (χ0n) is 17.7. The SMILES string of the molecule is Cc1ccc(Nc2nc(N/N=C/c3cccc(F)c3)nc(Nc3ccccc3)n2)c(C)c1. The molecule has 32 heavy (non-hydrogen) atoms. The molecule has 0 radical (unpaired) electrons. The van der Waals surface area contributed by atoms with Crippen LogP contribution < -0.4 is 16.1 Å². The third kappa shape index (κ3) is 5.63. The van der Waals surface area contributed by atoms with Crippen LogP contribution in [0.15, 0.2) is 77.9 Å². The van der Waals surface area contributed by atoms with Crippen LogP contribution in [0.5, 0.6) is 0 Å². The predicted molar refractivity (Wildman–Crippen MR) is 126 cm³/mol. The van der Waals surface area contributed by atoms with Gasteiger partial charge in [-0.3, -0.25) is 0 Å². The van der Waals surface area contributed by atoms with Gasteiger partial charge in [0, 0.05) is 11.4 Å². The largest absolute Gasteiger partial charge is 0.324 e. The molecule has 1 aromatic heterocycles. The molecule has 4 rings (SSSR count). The lowest BCUT2D eigenvalue weighted by Gasteiger charge is -2.12. The minimum absolute atomic E-state index is 0.235. The lowest BCUT2D eigenvalue weighted by atomic mass is 10.1. The predicted octanol–water partition coefficient (Wildman–Crippen LogP) is 5.56. The highest BCUT2D eigenvalue weighted by atomic mass is 19.1. The van der Waals surface area contributed by atoms with E-state index in [0.29, 0.717) is 17.5 Å². The van der Waals surface area contributed by atoms with Crippen molar-refractivity contribution in [1.29, 1.82) is 0 Å². The van der Waals surface area contributed by atoms with Crippen molar-refractivity contribution < 1.29 is 4.39 Å². The van der Waals surface area contributed by atoms with Crippen LogP contribution in [0.25, 0.3) is 0 Å². The lowest BCUT2D eigenvalue weighted by molar-refractivity contribution is 0.627. The van der Waals surface area contributed by atoms with Gasteiger partial charge >= 0.3 is 0 Å². The topological polar surface area (TPSA) is 87.1 Å². The maximum absolute atomic E-state index is 13.4. The number of benzene rings is 3. The first-order chi connectivity index (χ1) is 15.5. The fourth-order valence-corrected chi connectivity index (χ4v) is 3.01. The van der Waals surface area contributed by atoms with E-state index in [9.17, 15) is 4.39 Å². The fraction of sp³-hybridized carbons (Fsp3) is 0.0833. The maximum atomic E-state index is 13.4. The van der Waals surface area contributed by atoms with Crippen molar-refractivity contribution >= 4 is 35.4 Å². The third-order valence-electron chi connectivity index (χ3n) is 4.52. The molecule has 0 saturated heterocycles. The van der Waals surface area contributed by atoms with E-state index in [0.717, 1.165) is 16.9 Å². The number of nitrogens with one attached hydrogen (secondary N) is 3. The molecule has 0 aliphatic carbocycles. The first-order valence-corrected chi connectivity index (χ1v) is 10.0. The lowest BCUT2D eigenvalue weighted by Crippen LogP contribution is -2.07. The molecular weight excluding hydrogens is 405 g/mol. The molecule has 1 heterocycles. The standard InChI is InChI=1S/C24H22FN7/c1-16-11-12-21(17(2)13-16)28-23-29-22(27-20-9-4-3-5-10-20)30-24(31-23)32-26-15-18-7-6-8-19(25)14-18/h3-15H,1-2H3,(H3,27,28,29,30,31,32)/b26-15+. The van der Waals surface area contributed by atoms with E-state index in [4.69, 9.17) is 0 Å². The number of hydrogen-bond donors (Lipinski definition) is 3. The molecule has 4 aromatic rings. The smallest absolute Gasteiger partial charge is 0.250 e. The molecule has 0 spiro atoms. The normalized spacial score (nSPS) is 10.8. The maximum Gasteiger partial charge on any atom is 0.250 e. The van der Waals surface area contributed by atoms with Crippen LogP contribution >= 0.6 is 0 Å². The summed E-state index contributed by atoms with van der Waals surface area (Å²) in [5.74, 6) is 0.609. The van der Waals surface area contributed by atoms with Crippen LogP contribution in [0, 0.1) is 19.7 Å². The molecule has 0 saturated carbocycles. The Morgan fingerprint density at radius 1 is 0.781 bits per heavy atom. The van der Waals surface area contributed by atoms with Gasteiger partial charge in [0.2, 0.25) is 17.8 Å². The highest BCUT2D eigenvalue weighted by Crippen LogP contribution is 2.22. The van der Waals surface area contributed by atoms with E-state index in [1.54, 1.807) is 12.1 Å². The number of aromatic nitrogens is 3. The Morgan fingerprint density at radius 2 is 1.53 bits per heavy atom. The summed E-state index contributed by atoms with van der Waals surface area (Å²) >= 11 is 0. The highest BCUT2D eigenvalue weighted by Gasteiger charge is 2.09. The number of hydrogen-bond acceptors (Lipinski definition) is 7. The van der Waals surface area contributed by atoms with Crippen molar-refractivity contribution in [2.24, 2.45) is 5.10 Å². The third-order valence-corrected chi connectivity index (χ3v) is 4.52. The number of nitrogens with zero attached hydrogens (tertiary/aromatic N) is 4. The Hall–Kier alpha value is -4.33. The second-order valence-electron chi connectivity index (χ2n) is 7.17. The van der Waals surface area contributed by atoms with Gasteiger partial charge in [0.25, 0.3) is 0 Å². The van der Waals surface area contributed by atoms with E-state index < -0.39 is 0 Å². The van der Waals surface area contributed by atoms with Crippen LogP contribution in [0.1, 0.15) is 16.7 Å². The number of halogens is 1. The Labute approximate surface area is 185 Å². The van der Waals surface area contributed by atoms with Gasteiger partial charge in [0.05, 0.1) is 6.21 Å². The van der Waals surface area contributed by atoms with Gasteiger partial charge in [-0.2, -0.15) is 20.1 Å². The number of aryl methyl sites for hydroxylation is 2. The summed E-state index contributed by atoms with van der Waals surface area (Å²) in [6.45, 7) is 4.06. The van der Waals surface area contributed by atoms with Gasteiger partial charge in [0.1, 0.15) is 5.82 Å². The molecule has 8 heteroatoms. The van der Waals surface area contributed by atoms with Crippen LogP contribution in [-0.4, -0.2) is 21.2 Å². The summed E-state index contributed by atoms with van der Waals surface area (Å²) in [6.07, 6.45) is 1.49. The minimum Gasteiger partial charge on any atom is -0.324 e. The monoisotopic (exact) mass is 427 g/mol. The molecule has 0 unspecified atom stereocenters. The molecule has 3 N–H and O–H groups in total. The van der Waals surface area contributed by atoms with Crippen LogP contribution in [0.3, 0.4) is 0 Å². The summed E-state index contributed by atoms with van der Waals surface area (Å²) in [5.41, 5.74) is 7.38. The Balaban J connectivity index is 1.60. The van der Waals surface area contributed by atoms with E-state index in [1.165, 1.54) is 23.9 Å². The molecule has 160 valence electrons. The van der Waals surface area contributed by atoms with Crippen molar-refractivity contribution in [2.45, 2.75) is 13.8 Å². The Bertz CT molecular complexity index is 1240. The van der Waals surface area contributed by atoms with Gasteiger partial charge in [-0.1, -0.05) is 48.0 Å². The average Bonchev–Trinajstić information content (AvgIpc) is 2.76. The van der Waals surface area contributed by atoms with Crippen LogP contribution in [-0.2, 0) is 0 Å². The zero-order valence-corrected chi connectivity index (χ0v) is 17.7. The molecule has 0 fully saturated rings. The van der Waals surface area contributed by atoms with Gasteiger partial charge in [-0.25, -0.2) is 9.82 Å². The molecule has 0 bridgehead atoms. The fourth-order valence-electron chi connectivity index (χ4n) is 3.01. The average molecular weight is 427 g/mol. The van der Waals surface area contributed by atoms with Crippen molar-refractivity contribution in [3.05, 3.63) is 95.3 Å². The zero-order chi connectivity index (χ0) is 22.3. The summed E-state index contributed by atoms with van der Waals surface area (Å²) in [6, 6.07) is 21.8. The number of rotatable bonds is 7. The summed E-state index contributed by atoms with van der Waals surface area (Å²) < 4.78 is 13.4. The number of para-hydroxylation sites is 1. The highest BCUT2D eigenvalue weighted by molar-refractivity contribution is 5.80. The van der Waals surface area contributed by atoms with Crippen LogP contribution in [0.4, 0.5) is 33.6 Å². The summed E-state index contributed by atoms with van der Waals surface area (Å²) in [4.78, 5) is 13.3. The van der Waals surface area contributed by atoms with E-state index >= 15 is 0 Å². The Morgan fingerprint density at radius 3 is 2.28 bits per heavy atom. The van der Waals surface area contributed by atoms with Crippen molar-refractivity contribution in [1.82, 2.24) is 15.0 Å². The first kappa shape index (κ1) is 20.9. The molecule has 0 amide bonds. The van der Waals surface area contributed by atoms with Gasteiger partial charge in [-0.05, 0) is 55.3 Å². The van der Waals surface area contributed by atoms with Crippen molar-refractivity contribution in [3.8, 4) is 0 Å². The van der Waals surface area contributed by atoms with Gasteiger partial charge in [0.15, 0.2) is 0 Å². The van der Waals surface area contributed by atoms with Gasteiger partial charge < -0.3 is 10.6 Å². The van der Waals surface area contributed by atoms with Crippen LogP contribution in [0.2, 0.25) is 0 Å². The van der Waals surface area contributed by atoms with E-state index in [2.05, 4.69) is 42.2 Å². The van der Waals surface area contributed by atoms with E-state index in [1.807, 2.05) is 56.3 Å². The molecule has 7 nitrogen and oxygen atoms in total. The van der Waals surface area contributed by atoms with Gasteiger partial charge in [-0.15, -0.1) is 0 Å². The molecule has 3 aromatic carbocycles. The van der Waals surface area contributed by atoms with E-state index in [-0.39, 0.29) is 11.8 Å². The number of hydrazone groups is 1. The second kappa shape index (κ2) is 9.65.